The highest BCUT2D eigenvalue weighted by molar-refractivity contribution is 5.95. The number of benzene rings is 1. The molecule has 0 aliphatic carbocycles. The zero-order valence-corrected chi connectivity index (χ0v) is 17.6. The molecule has 1 fully saturated rings. The summed E-state index contributed by atoms with van der Waals surface area (Å²) in [4.78, 5) is 24.9. The van der Waals surface area contributed by atoms with Crippen molar-refractivity contribution in [1.82, 2.24) is 24.6 Å². The van der Waals surface area contributed by atoms with E-state index in [0.717, 1.165) is 19.8 Å². The van der Waals surface area contributed by atoms with E-state index < -0.39 is 24.3 Å². The molecule has 3 aromatic rings. The van der Waals surface area contributed by atoms with Gasteiger partial charge in [0.2, 0.25) is 11.7 Å². The smallest absolute Gasteiger partial charge is 0.339 e. The van der Waals surface area contributed by atoms with Gasteiger partial charge in [-0.05, 0) is 31.0 Å². The van der Waals surface area contributed by atoms with Gasteiger partial charge >= 0.3 is 12.2 Å². The van der Waals surface area contributed by atoms with Crippen LogP contribution in [0.5, 0.6) is 0 Å². The van der Waals surface area contributed by atoms with Crippen LogP contribution in [0.4, 0.5) is 28.0 Å². The number of carbonyl (C=O) groups is 1. The van der Waals surface area contributed by atoms with Gasteiger partial charge in [0.1, 0.15) is 17.8 Å². The number of nitrogens with zero attached hydrogens (tertiary/aromatic N) is 6. The minimum atomic E-state index is -4.38. The van der Waals surface area contributed by atoms with Gasteiger partial charge in [-0.3, -0.25) is 9.47 Å². The number of amides is 2. The molecule has 0 bridgehead atoms. The Bertz CT molecular complexity index is 1200. The van der Waals surface area contributed by atoms with E-state index in [0.29, 0.717) is 35.9 Å². The normalized spacial score (nSPS) is 16.6. The van der Waals surface area contributed by atoms with E-state index in [1.165, 1.54) is 23.4 Å². The molecular weight excluding hydrogens is 444 g/mol. The summed E-state index contributed by atoms with van der Waals surface area (Å²) in [6, 6.07) is 3.90. The molecule has 0 saturated carbocycles. The molecule has 0 N–H and O–H groups in total. The Morgan fingerprint density at radius 2 is 1.97 bits per heavy atom. The van der Waals surface area contributed by atoms with E-state index in [4.69, 9.17) is 4.52 Å². The zero-order chi connectivity index (χ0) is 23.3. The first-order valence-corrected chi connectivity index (χ1v) is 10.5. The molecule has 33 heavy (non-hydrogen) atoms. The molecule has 12 heteroatoms. The van der Waals surface area contributed by atoms with Gasteiger partial charge in [0, 0.05) is 19.5 Å². The molecule has 2 aliphatic heterocycles. The quantitative estimate of drug-likeness (QED) is 0.539. The third-order valence-corrected chi connectivity index (χ3v) is 5.99. The monoisotopic (exact) mass is 464 g/mol. The number of halogens is 4. The molecule has 2 amide bonds. The fraction of sp³-hybridized carbons (Fsp3) is 0.429. The van der Waals surface area contributed by atoms with E-state index in [1.807, 2.05) is 0 Å². The predicted octanol–water partition coefficient (Wildman–Crippen LogP) is 4.34. The molecule has 1 atom stereocenters. The lowest BCUT2D eigenvalue weighted by molar-refractivity contribution is -0.170. The predicted molar refractivity (Wildman–Crippen MR) is 108 cm³/mol. The fourth-order valence-corrected chi connectivity index (χ4v) is 4.13. The van der Waals surface area contributed by atoms with Crippen LogP contribution in [0.15, 0.2) is 29.0 Å². The number of rotatable bonds is 3. The summed E-state index contributed by atoms with van der Waals surface area (Å²) in [6.07, 6.45) is -1.53. The van der Waals surface area contributed by atoms with Crippen LogP contribution >= 0.6 is 0 Å². The molecule has 0 spiro atoms. The number of fused-ring (bicyclic) bond motifs is 3. The highest BCUT2D eigenvalue weighted by Gasteiger charge is 2.38. The van der Waals surface area contributed by atoms with Gasteiger partial charge in [0.25, 0.3) is 0 Å². The number of alkyl halides is 3. The van der Waals surface area contributed by atoms with E-state index in [9.17, 15) is 22.4 Å². The Labute approximate surface area is 185 Å². The standard InChI is InChI=1S/C21H20F4N6O2/c1-12(21(23,24)25)8-17-27-19(28-33-17)18-16-10-30(20(32)29-6-2-3-7-29)15-9-13(22)4-5-14(15)31(16)11-26-18/h4-5,9,11-12H,2-3,6-8,10H2,1H3. The number of hydrogen-bond donors (Lipinski definition) is 0. The molecular formula is C21H20F4N6O2. The summed E-state index contributed by atoms with van der Waals surface area (Å²) < 4.78 is 59.4. The highest BCUT2D eigenvalue weighted by atomic mass is 19.4. The van der Waals surface area contributed by atoms with Gasteiger partial charge in [0.05, 0.1) is 29.5 Å². The van der Waals surface area contributed by atoms with Crippen molar-refractivity contribution in [3.8, 4) is 17.2 Å². The number of aromatic nitrogens is 4. The van der Waals surface area contributed by atoms with Crippen molar-refractivity contribution >= 4 is 11.7 Å². The summed E-state index contributed by atoms with van der Waals surface area (Å²) in [5.41, 5.74) is 1.81. The number of carbonyl (C=O) groups excluding carboxylic acids is 1. The lowest BCUT2D eigenvalue weighted by Gasteiger charge is -2.33. The number of hydrogen-bond acceptors (Lipinski definition) is 5. The molecule has 1 aromatic carbocycles. The van der Waals surface area contributed by atoms with E-state index in [2.05, 4.69) is 15.1 Å². The van der Waals surface area contributed by atoms with Crippen LogP contribution in [0.2, 0.25) is 0 Å². The van der Waals surface area contributed by atoms with Gasteiger partial charge in [-0.25, -0.2) is 14.2 Å². The Hall–Kier alpha value is -3.44. The molecule has 8 nitrogen and oxygen atoms in total. The second kappa shape index (κ2) is 7.85. The lowest BCUT2D eigenvalue weighted by atomic mass is 10.1. The number of likely N-dealkylation sites (tertiary alicyclic amines) is 1. The van der Waals surface area contributed by atoms with E-state index in [-0.39, 0.29) is 24.3 Å². The van der Waals surface area contributed by atoms with Crippen LogP contribution in [0.25, 0.3) is 17.2 Å². The van der Waals surface area contributed by atoms with Gasteiger partial charge in [-0.2, -0.15) is 18.2 Å². The lowest BCUT2D eigenvalue weighted by Crippen LogP contribution is -2.43. The molecule has 2 aliphatic rings. The second-order valence-corrected chi connectivity index (χ2v) is 8.26. The second-order valence-electron chi connectivity index (χ2n) is 8.26. The van der Waals surface area contributed by atoms with Gasteiger partial charge in [0.15, 0.2) is 0 Å². The first kappa shape index (κ1) is 21.4. The minimum absolute atomic E-state index is 0.0345. The van der Waals surface area contributed by atoms with Crippen LogP contribution in [0.1, 0.15) is 31.4 Å². The molecule has 4 heterocycles. The van der Waals surface area contributed by atoms with Crippen LogP contribution in [-0.4, -0.2) is 49.9 Å². The van der Waals surface area contributed by atoms with Crippen molar-refractivity contribution in [2.24, 2.45) is 5.92 Å². The summed E-state index contributed by atoms with van der Waals surface area (Å²) in [6.45, 7) is 2.36. The minimum Gasteiger partial charge on any atom is -0.339 e. The third-order valence-electron chi connectivity index (χ3n) is 5.99. The Morgan fingerprint density at radius 3 is 2.70 bits per heavy atom. The van der Waals surface area contributed by atoms with Gasteiger partial charge in [-0.1, -0.05) is 12.1 Å². The van der Waals surface area contributed by atoms with Crippen LogP contribution < -0.4 is 4.90 Å². The molecule has 174 valence electrons. The summed E-state index contributed by atoms with van der Waals surface area (Å²) >= 11 is 0. The van der Waals surface area contributed by atoms with Crippen molar-refractivity contribution < 1.29 is 26.9 Å². The van der Waals surface area contributed by atoms with E-state index in [1.54, 1.807) is 15.5 Å². The maximum Gasteiger partial charge on any atom is 0.392 e. The summed E-state index contributed by atoms with van der Waals surface area (Å²) in [7, 11) is 0. The first-order chi connectivity index (χ1) is 15.7. The number of imidazole rings is 1. The number of urea groups is 1. The van der Waals surface area contributed by atoms with Crippen LogP contribution in [0, 0.1) is 11.7 Å². The maximum atomic E-state index is 14.1. The SMILES string of the molecule is CC(Cc1nc(-c2ncn3c2CN(C(=O)N2CCCC2)c2cc(F)ccc2-3)no1)C(F)(F)F. The Balaban J connectivity index is 1.51. The molecule has 1 unspecified atom stereocenters. The third kappa shape index (κ3) is 3.83. The van der Waals surface area contributed by atoms with Crippen molar-refractivity contribution in [2.75, 3.05) is 18.0 Å². The van der Waals surface area contributed by atoms with Gasteiger partial charge < -0.3 is 9.42 Å². The highest BCUT2D eigenvalue weighted by Crippen LogP contribution is 2.37. The summed E-state index contributed by atoms with van der Waals surface area (Å²) in [5.74, 6) is -2.23. The molecule has 2 aromatic heterocycles. The largest absolute Gasteiger partial charge is 0.392 e. The zero-order valence-electron chi connectivity index (χ0n) is 17.6. The maximum absolute atomic E-state index is 14.1. The van der Waals surface area contributed by atoms with Crippen molar-refractivity contribution in [2.45, 2.75) is 38.9 Å². The Kier molecular flexibility index (Phi) is 5.09. The van der Waals surface area contributed by atoms with Crippen LogP contribution in [0.3, 0.4) is 0 Å². The van der Waals surface area contributed by atoms with Crippen molar-refractivity contribution in [3.05, 3.63) is 41.9 Å². The summed E-state index contributed by atoms with van der Waals surface area (Å²) in [5, 5.41) is 3.82. The van der Waals surface area contributed by atoms with Crippen LogP contribution in [-0.2, 0) is 13.0 Å². The van der Waals surface area contributed by atoms with E-state index >= 15 is 0 Å². The van der Waals surface area contributed by atoms with Crippen molar-refractivity contribution in [3.63, 3.8) is 0 Å². The average Bonchev–Trinajstić information content (AvgIpc) is 3.52. The van der Waals surface area contributed by atoms with Gasteiger partial charge in [-0.15, -0.1) is 0 Å². The molecule has 0 radical (unpaired) electrons. The molecule has 5 rings (SSSR count). The number of anilines is 1. The average molecular weight is 464 g/mol. The fourth-order valence-electron chi connectivity index (χ4n) is 4.13. The van der Waals surface area contributed by atoms with Crippen molar-refractivity contribution in [1.29, 1.82) is 0 Å². The topological polar surface area (TPSA) is 80.3 Å². The first-order valence-electron chi connectivity index (χ1n) is 10.5. The Morgan fingerprint density at radius 1 is 1.21 bits per heavy atom. The molecule has 1 saturated heterocycles.